The molecule has 1 nitrogen and oxygen atoms in total. The fourth-order valence-corrected chi connectivity index (χ4v) is 8.07. The van der Waals surface area contributed by atoms with E-state index in [0.717, 1.165) is 11.3 Å². The van der Waals surface area contributed by atoms with Gasteiger partial charge in [-0.1, -0.05) is 133 Å². The third kappa shape index (κ3) is 3.74. The summed E-state index contributed by atoms with van der Waals surface area (Å²) in [6.07, 6.45) is 2.06. The van der Waals surface area contributed by atoms with E-state index in [2.05, 4.69) is 152 Å². The minimum absolute atomic E-state index is 0.991. The van der Waals surface area contributed by atoms with E-state index in [1.807, 2.05) is 11.3 Å². The Bertz CT molecular complexity index is 2430. The van der Waals surface area contributed by atoms with Crippen LogP contribution in [0, 0.1) is 0 Å². The van der Waals surface area contributed by atoms with Crippen LogP contribution < -0.4 is 0 Å². The minimum Gasteiger partial charge on any atom is -0.256 e. The smallest absolute Gasteiger partial charge is 0.0714 e. The number of pyridine rings is 1. The molecule has 9 rings (SSSR count). The van der Waals surface area contributed by atoms with Gasteiger partial charge in [0.15, 0.2) is 0 Å². The number of aromatic nitrogens is 1. The molecule has 0 atom stereocenters. The number of thiophene rings is 1. The zero-order valence-corrected chi connectivity index (χ0v) is 24.1. The average molecular weight is 564 g/mol. The lowest BCUT2D eigenvalue weighted by Crippen LogP contribution is -1.92. The van der Waals surface area contributed by atoms with Crippen molar-refractivity contribution < 1.29 is 0 Å². The highest BCUT2D eigenvalue weighted by molar-refractivity contribution is 7.26. The predicted octanol–water partition coefficient (Wildman–Crippen LogP) is 11.9. The van der Waals surface area contributed by atoms with Crippen molar-refractivity contribution in [2.45, 2.75) is 0 Å². The van der Waals surface area contributed by atoms with Crippen LogP contribution in [0.5, 0.6) is 0 Å². The van der Waals surface area contributed by atoms with Crippen molar-refractivity contribution >= 4 is 63.8 Å². The van der Waals surface area contributed by atoms with Gasteiger partial charge >= 0.3 is 0 Å². The molecule has 0 unspecified atom stereocenters. The maximum atomic E-state index is 5.14. The van der Waals surface area contributed by atoms with E-state index in [4.69, 9.17) is 4.98 Å². The first-order valence-electron chi connectivity index (χ1n) is 14.6. The largest absolute Gasteiger partial charge is 0.256 e. The van der Waals surface area contributed by atoms with Crippen LogP contribution in [0.1, 0.15) is 0 Å². The van der Waals surface area contributed by atoms with Gasteiger partial charge in [0.05, 0.1) is 5.69 Å². The lowest BCUT2D eigenvalue weighted by Gasteiger charge is -2.17. The lowest BCUT2D eigenvalue weighted by molar-refractivity contribution is 1.34. The number of nitrogens with zero attached hydrogens (tertiary/aromatic N) is 1. The quantitative estimate of drug-likeness (QED) is 0.195. The normalized spacial score (nSPS) is 11.7. The maximum Gasteiger partial charge on any atom is 0.0714 e. The summed E-state index contributed by atoms with van der Waals surface area (Å²) < 4.78 is 2.63. The van der Waals surface area contributed by atoms with Crippen LogP contribution in [-0.2, 0) is 0 Å². The molecule has 0 aliphatic rings. The van der Waals surface area contributed by atoms with Gasteiger partial charge in [0, 0.05) is 43.1 Å². The Balaban J connectivity index is 1.25. The summed E-state index contributed by atoms with van der Waals surface area (Å²) >= 11 is 1.87. The maximum absolute atomic E-state index is 5.14. The predicted molar refractivity (Wildman–Crippen MR) is 186 cm³/mol. The van der Waals surface area contributed by atoms with Crippen molar-refractivity contribution in [3.8, 4) is 33.5 Å². The first-order chi connectivity index (χ1) is 21.3. The van der Waals surface area contributed by atoms with Gasteiger partial charge in [-0.05, 0) is 55.6 Å². The van der Waals surface area contributed by atoms with Crippen LogP contribution in [0.25, 0.3) is 86.0 Å². The zero-order valence-electron chi connectivity index (χ0n) is 23.3. The number of hydrogen-bond acceptors (Lipinski definition) is 2. The molecule has 0 fully saturated rings. The van der Waals surface area contributed by atoms with Crippen molar-refractivity contribution in [3.05, 3.63) is 152 Å². The van der Waals surface area contributed by atoms with E-state index in [9.17, 15) is 0 Å². The second-order valence-electron chi connectivity index (χ2n) is 11.1. The Morgan fingerprint density at radius 3 is 1.74 bits per heavy atom. The molecule has 0 saturated carbocycles. The Hall–Kier alpha value is -5.31. The van der Waals surface area contributed by atoms with Gasteiger partial charge in [-0.15, -0.1) is 11.3 Å². The Morgan fingerprint density at radius 1 is 0.419 bits per heavy atom. The molecule has 0 N–H and O–H groups in total. The molecule has 2 heterocycles. The molecule has 0 aliphatic carbocycles. The van der Waals surface area contributed by atoms with Crippen molar-refractivity contribution in [3.63, 3.8) is 0 Å². The number of fused-ring (bicyclic) bond motifs is 7. The summed E-state index contributed by atoms with van der Waals surface area (Å²) in [6, 6.07) is 52.6. The second kappa shape index (κ2) is 9.62. The van der Waals surface area contributed by atoms with Crippen LogP contribution in [0.15, 0.2) is 152 Å². The summed E-state index contributed by atoms with van der Waals surface area (Å²) in [6.45, 7) is 0. The van der Waals surface area contributed by atoms with Crippen molar-refractivity contribution in [1.82, 2.24) is 4.98 Å². The van der Waals surface area contributed by atoms with Crippen molar-refractivity contribution in [2.24, 2.45) is 0 Å². The summed E-state index contributed by atoms with van der Waals surface area (Å²) in [5.41, 5.74) is 7.05. The van der Waals surface area contributed by atoms with Gasteiger partial charge in [-0.3, -0.25) is 4.98 Å². The minimum atomic E-state index is 0.991. The van der Waals surface area contributed by atoms with Crippen LogP contribution in [0.3, 0.4) is 0 Å². The number of benzene rings is 7. The van der Waals surface area contributed by atoms with Crippen LogP contribution >= 0.6 is 11.3 Å². The Kier molecular flexibility index (Phi) is 5.44. The summed E-state index contributed by atoms with van der Waals surface area (Å²) in [5, 5.41) is 10.2. The molecule has 0 radical (unpaired) electrons. The molecule has 0 saturated heterocycles. The van der Waals surface area contributed by atoms with Gasteiger partial charge in [0.25, 0.3) is 0 Å². The molecule has 0 amide bonds. The van der Waals surface area contributed by atoms with Gasteiger partial charge < -0.3 is 0 Å². The van der Waals surface area contributed by atoms with Crippen LogP contribution in [0.4, 0.5) is 0 Å². The van der Waals surface area contributed by atoms with E-state index >= 15 is 0 Å². The van der Waals surface area contributed by atoms with E-state index < -0.39 is 0 Å². The molecular weight excluding hydrogens is 539 g/mol. The van der Waals surface area contributed by atoms with Crippen molar-refractivity contribution in [1.29, 1.82) is 0 Å². The molecule has 0 aliphatic heterocycles. The van der Waals surface area contributed by atoms with E-state index in [1.165, 1.54) is 74.7 Å². The summed E-state index contributed by atoms with van der Waals surface area (Å²) in [7, 11) is 0. The molecule has 0 spiro atoms. The molecule has 0 bridgehead atoms. The Morgan fingerprint density at radius 2 is 1.05 bits per heavy atom. The standard InChI is InChI=1S/C41H25NS/c1-2-12-27(13-3-1)38-31-15-6-8-17-33(31)39(34-18-9-7-16-32(34)38)36-23-21-28(25-42-36)30-19-10-20-35-40-29-14-5-4-11-26(29)22-24-37(40)43-41(30)35/h1-25H. The van der Waals surface area contributed by atoms with E-state index in [0.29, 0.717) is 0 Å². The lowest BCUT2D eigenvalue weighted by atomic mass is 9.87. The summed E-state index contributed by atoms with van der Waals surface area (Å²) in [4.78, 5) is 5.14. The SMILES string of the molecule is c1ccc(-c2c3ccccc3c(-c3ccc(-c4cccc5c4sc4ccc6ccccc6c45)cn3)c3ccccc23)cc1. The molecule has 43 heavy (non-hydrogen) atoms. The Labute approximate surface area is 253 Å². The fraction of sp³-hybridized carbons (Fsp3) is 0. The molecular formula is C41H25NS. The van der Waals surface area contributed by atoms with E-state index in [-0.39, 0.29) is 0 Å². The highest BCUT2D eigenvalue weighted by Crippen LogP contribution is 2.45. The van der Waals surface area contributed by atoms with Gasteiger partial charge in [-0.25, -0.2) is 0 Å². The highest BCUT2D eigenvalue weighted by Gasteiger charge is 2.18. The number of rotatable bonds is 3. The van der Waals surface area contributed by atoms with Crippen LogP contribution in [-0.4, -0.2) is 4.98 Å². The molecule has 200 valence electrons. The van der Waals surface area contributed by atoms with E-state index in [1.54, 1.807) is 0 Å². The third-order valence-electron chi connectivity index (χ3n) is 8.71. The topological polar surface area (TPSA) is 12.9 Å². The average Bonchev–Trinajstić information content (AvgIpc) is 3.47. The zero-order chi connectivity index (χ0) is 28.3. The first-order valence-corrected chi connectivity index (χ1v) is 15.5. The van der Waals surface area contributed by atoms with Gasteiger partial charge in [0.2, 0.25) is 0 Å². The second-order valence-corrected chi connectivity index (χ2v) is 12.1. The summed E-state index contributed by atoms with van der Waals surface area (Å²) in [5.74, 6) is 0. The van der Waals surface area contributed by atoms with Gasteiger partial charge in [0.1, 0.15) is 0 Å². The molecule has 2 heteroatoms. The number of hydrogen-bond donors (Lipinski definition) is 0. The van der Waals surface area contributed by atoms with Gasteiger partial charge in [-0.2, -0.15) is 0 Å². The molecule has 9 aromatic rings. The first kappa shape index (κ1) is 24.3. The molecule has 2 aromatic heterocycles. The fourth-order valence-electron chi connectivity index (χ4n) is 6.82. The third-order valence-corrected chi connectivity index (χ3v) is 9.92. The highest BCUT2D eigenvalue weighted by atomic mass is 32.1. The van der Waals surface area contributed by atoms with Crippen LogP contribution in [0.2, 0.25) is 0 Å². The van der Waals surface area contributed by atoms with Crippen molar-refractivity contribution in [2.75, 3.05) is 0 Å². The molecule has 7 aromatic carbocycles. The monoisotopic (exact) mass is 563 g/mol.